The maximum Gasteiger partial charge on any atom is 0.178 e. The predicted molar refractivity (Wildman–Crippen MR) is 103 cm³/mol. The van der Waals surface area contributed by atoms with Crippen molar-refractivity contribution in [3.63, 3.8) is 0 Å². The Morgan fingerprint density at radius 2 is 2.04 bits per heavy atom. The average Bonchev–Trinajstić information content (AvgIpc) is 3.03. The molecule has 0 fully saturated rings. The Labute approximate surface area is 155 Å². The molecule has 2 heterocycles. The number of fused-ring (bicyclic) bond motifs is 3. The topological polar surface area (TPSA) is 92.2 Å². The Balaban J connectivity index is 1.81. The van der Waals surface area contributed by atoms with E-state index in [1.54, 1.807) is 18.3 Å². The summed E-state index contributed by atoms with van der Waals surface area (Å²) in [6, 6.07) is 4.27. The van der Waals surface area contributed by atoms with Crippen molar-refractivity contribution in [1.29, 1.82) is 0 Å². The molecule has 1 aromatic carbocycles. The minimum absolute atomic E-state index is 0.00695. The van der Waals surface area contributed by atoms with Crippen LogP contribution in [0.25, 0.3) is 10.2 Å². The second-order valence-electron chi connectivity index (χ2n) is 6.32. The number of phenols is 1. The highest BCUT2D eigenvalue weighted by molar-refractivity contribution is 7.91. The standard InChI is InChI=1S/C18H19N3O3S2/c1-2-26(23,24)11-7-8-14(22)13(9-11)21-17-16-12-5-3-4-6-15(12)25-18(16)20-10-19-17/h7-10,22H,2-6H2,1H3,(H,19,20,21). The summed E-state index contributed by atoms with van der Waals surface area (Å²) >= 11 is 1.69. The molecular formula is C18H19N3O3S2. The van der Waals surface area contributed by atoms with E-state index in [9.17, 15) is 13.5 Å². The number of aromatic nitrogens is 2. The van der Waals surface area contributed by atoms with Gasteiger partial charge in [-0.3, -0.25) is 0 Å². The van der Waals surface area contributed by atoms with Crippen molar-refractivity contribution in [2.24, 2.45) is 0 Å². The zero-order valence-electron chi connectivity index (χ0n) is 14.3. The van der Waals surface area contributed by atoms with Gasteiger partial charge in [-0.1, -0.05) is 6.92 Å². The van der Waals surface area contributed by atoms with Gasteiger partial charge < -0.3 is 10.4 Å². The van der Waals surface area contributed by atoms with Crippen LogP contribution < -0.4 is 5.32 Å². The lowest BCUT2D eigenvalue weighted by Crippen LogP contribution is -2.05. The molecule has 6 nitrogen and oxygen atoms in total. The highest BCUT2D eigenvalue weighted by atomic mass is 32.2. The molecule has 2 aromatic heterocycles. The fraction of sp³-hybridized carbons (Fsp3) is 0.333. The fourth-order valence-electron chi connectivity index (χ4n) is 3.29. The maximum atomic E-state index is 12.1. The molecule has 0 spiro atoms. The summed E-state index contributed by atoms with van der Waals surface area (Å²) < 4.78 is 24.3. The van der Waals surface area contributed by atoms with Crippen molar-refractivity contribution in [3.8, 4) is 5.75 Å². The van der Waals surface area contributed by atoms with Crippen LogP contribution in [0.1, 0.15) is 30.2 Å². The van der Waals surface area contributed by atoms with Gasteiger partial charge in [-0.25, -0.2) is 18.4 Å². The van der Waals surface area contributed by atoms with Crippen LogP contribution in [0.4, 0.5) is 11.5 Å². The lowest BCUT2D eigenvalue weighted by molar-refractivity contribution is 0.477. The van der Waals surface area contributed by atoms with Crippen LogP contribution in [0.15, 0.2) is 29.4 Å². The van der Waals surface area contributed by atoms with E-state index in [1.165, 1.54) is 41.4 Å². The first-order valence-electron chi connectivity index (χ1n) is 8.57. The molecule has 3 aromatic rings. The number of anilines is 2. The highest BCUT2D eigenvalue weighted by Gasteiger charge is 2.21. The maximum absolute atomic E-state index is 12.1. The molecule has 0 atom stereocenters. The molecule has 1 aliphatic rings. The van der Waals surface area contributed by atoms with E-state index < -0.39 is 9.84 Å². The molecule has 26 heavy (non-hydrogen) atoms. The molecule has 8 heteroatoms. The van der Waals surface area contributed by atoms with E-state index in [4.69, 9.17) is 0 Å². The molecule has 2 N–H and O–H groups in total. The summed E-state index contributed by atoms with van der Waals surface area (Å²) in [7, 11) is -3.36. The normalized spacial score (nSPS) is 14.3. The van der Waals surface area contributed by atoms with Gasteiger partial charge in [0, 0.05) is 4.88 Å². The number of hydrogen-bond donors (Lipinski definition) is 2. The van der Waals surface area contributed by atoms with Crippen LogP contribution in [0.5, 0.6) is 5.75 Å². The SMILES string of the molecule is CCS(=O)(=O)c1ccc(O)c(Nc2ncnc3sc4c(c23)CCCC4)c1. The van der Waals surface area contributed by atoms with Crippen molar-refractivity contribution in [2.75, 3.05) is 11.1 Å². The molecular weight excluding hydrogens is 370 g/mol. The van der Waals surface area contributed by atoms with Crippen LogP contribution >= 0.6 is 11.3 Å². The third kappa shape index (κ3) is 2.93. The molecule has 1 aliphatic carbocycles. The second-order valence-corrected chi connectivity index (χ2v) is 9.68. The van der Waals surface area contributed by atoms with Gasteiger partial charge in [0.25, 0.3) is 0 Å². The number of rotatable bonds is 4. The van der Waals surface area contributed by atoms with Crippen LogP contribution in [0, 0.1) is 0 Å². The predicted octanol–water partition coefficient (Wildman–Crippen LogP) is 3.81. The van der Waals surface area contributed by atoms with Gasteiger partial charge in [-0.2, -0.15) is 0 Å². The van der Waals surface area contributed by atoms with E-state index in [2.05, 4.69) is 15.3 Å². The first-order chi connectivity index (χ1) is 12.5. The minimum atomic E-state index is -3.36. The number of thiophene rings is 1. The van der Waals surface area contributed by atoms with Crippen molar-refractivity contribution < 1.29 is 13.5 Å². The number of benzene rings is 1. The van der Waals surface area contributed by atoms with Gasteiger partial charge in [0.05, 0.1) is 21.7 Å². The Morgan fingerprint density at radius 3 is 2.85 bits per heavy atom. The molecule has 0 bridgehead atoms. The number of aryl methyl sites for hydroxylation is 2. The van der Waals surface area contributed by atoms with Gasteiger partial charge in [-0.05, 0) is 49.4 Å². The molecule has 0 radical (unpaired) electrons. The van der Waals surface area contributed by atoms with Crippen LogP contribution in [0.3, 0.4) is 0 Å². The summed E-state index contributed by atoms with van der Waals surface area (Å²) in [5, 5.41) is 14.3. The van der Waals surface area contributed by atoms with Crippen molar-refractivity contribution >= 4 is 42.9 Å². The second kappa shape index (κ2) is 6.51. The van der Waals surface area contributed by atoms with Gasteiger partial charge in [0.15, 0.2) is 9.84 Å². The Morgan fingerprint density at radius 1 is 1.23 bits per heavy atom. The summed E-state index contributed by atoms with van der Waals surface area (Å²) in [6.07, 6.45) is 5.88. The van der Waals surface area contributed by atoms with Crippen LogP contribution in [-0.2, 0) is 22.7 Å². The van der Waals surface area contributed by atoms with Crippen molar-refractivity contribution in [2.45, 2.75) is 37.5 Å². The average molecular weight is 390 g/mol. The molecule has 0 saturated heterocycles. The monoisotopic (exact) mass is 389 g/mol. The third-order valence-corrected chi connectivity index (χ3v) is 7.64. The molecule has 0 amide bonds. The Bertz CT molecular complexity index is 1090. The van der Waals surface area contributed by atoms with E-state index in [0.717, 1.165) is 29.5 Å². The van der Waals surface area contributed by atoms with Gasteiger partial charge >= 0.3 is 0 Å². The lowest BCUT2D eigenvalue weighted by Gasteiger charge is -2.13. The Hall–Kier alpha value is -2.19. The lowest BCUT2D eigenvalue weighted by atomic mass is 9.97. The number of nitrogens with zero attached hydrogens (tertiary/aromatic N) is 2. The quantitative estimate of drug-likeness (QED) is 0.659. The highest BCUT2D eigenvalue weighted by Crippen LogP contribution is 2.40. The van der Waals surface area contributed by atoms with E-state index in [-0.39, 0.29) is 16.4 Å². The molecule has 0 aliphatic heterocycles. The van der Waals surface area contributed by atoms with Crippen LogP contribution in [0.2, 0.25) is 0 Å². The van der Waals surface area contributed by atoms with E-state index in [1.807, 2.05) is 0 Å². The van der Waals surface area contributed by atoms with Crippen molar-refractivity contribution in [3.05, 3.63) is 35.0 Å². The van der Waals surface area contributed by atoms with E-state index >= 15 is 0 Å². The first-order valence-corrected chi connectivity index (χ1v) is 11.0. The first kappa shape index (κ1) is 17.2. The van der Waals surface area contributed by atoms with E-state index in [0.29, 0.717) is 11.5 Å². The number of hydrogen-bond acceptors (Lipinski definition) is 7. The summed E-state index contributed by atoms with van der Waals surface area (Å²) in [5.74, 6) is 0.596. The van der Waals surface area contributed by atoms with Crippen LogP contribution in [-0.4, -0.2) is 29.2 Å². The molecule has 4 rings (SSSR count). The zero-order chi connectivity index (χ0) is 18.3. The van der Waals surface area contributed by atoms with Gasteiger partial charge in [0.1, 0.15) is 22.7 Å². The van der Waals surface area contributed by atoms with Gasteiger partial charge in [-0.15, -0.1) is 11.3 Å². The summed E-state index contributed by atoms with van der Waals surface area (Å²) in [5.41, 5.74) is 1.60. The summed E-state index contributed by atoms with van der Waals surface area (Å²) in [6.45, 7) is 1.60. The molecule has 0 saturated carbocycles. The number of sulfone groups is 1. The number of nitrogens with one attached hydrogen (secondary N) is 1. The molecule has 136 valence electrons. The zero-order valence-corrected chi connectivity index (χ0v) is 16.0. The van der Waals surface area contributed by atoms with Gasteiger partial charge in [0.2, 0.25) is 0 Å². The van der Waals surface area contributed by atoms with Crippen molar-refractivity contribution in [1.82, 2.24) is 9.97 Å². The third-order valence-electron chi connectivity index (χ3n) is 4.71. The molecule has 0 unspecified atom stereocenters. The summed E-state index contributed by atoms with van der Waals surface area (Å²) in [4.78, 5) is 11.2. The Kier molecular flexibility index (Phi) is 4.32. The smallest absolute Gasteiger partial charge is 0.178 e. The fourth-order valence-corrected chi connectivity index (χ4v) is 5.42. The number of aromatic hydroxyl groups is 1. The number of phenolic OH excluding ortho intramolecular Hbond substituents is 1. The largest absolute Gasteiger partial charge is 0.506 e. The minimum Gasteiger partial charge on any atom is -0.506 e.